The summed E-state index contributed by atoms with van der Waals surface area (Å²) in [7, 11) is 0. The summed E-state index contributed by atoms with van der Waals surface area (Å²) in [5.41, 5.74) is 4.35. The van der Waals surface area contributed by atoms with Gasteiger partial charge in [-0.2, -0.15) is 0 Å². The molecule has 2 nitrogen and oxygen atoms in total. The third-order valence-corrected chi connectivity index (χ3v) is 5.14. The molecule has 0 saturated carbocycles. The van der Waals surface area contributed by atoms with Gasteiger partial charge in [0.1, 0.15) is 12.4 Å². The second-order valence-corrected chi connectivity index (χ2v) is 7.44. The number of anilines is 1. The van der Waals surface area contributed by atoms with Crippen LogP contribution < -0.4 is 10.1 Å². The highest BCUT2D eigenvalue weighted by Crippen LogP contribution is 2.28. The Kier molecular flexibility index (Phi) is 6.89. The zero-order valence-electron chi connectivity index (χ0n) is 14.9. The maximum absolute atomic E-state index is 6.38. The molecule has 27 heavy (non-hydrogen) atoms. The Bertz CT molecular complexity index is 910. The zero-order chi connectivity index (χ0) is 19.2. The molecule has 0 bridgehead atoms. The first-order chi connectivity index (χ1) is 13.0. The lowest BCUT2D eigenvalue weighted by atomic mass is 10.1. The number of nitrogens with one attached hydrogen (secondary N) is 1. The smallest absolute Gasteiger partial charge is 0.138 e. The van der Waals surface area contributed by atoms with Gasteiger partial charge in [-0.1, -0.05) is 66.0 Å². The maximum Gasteiger partial charge on any atom is 0.138 e. The molecule has 5 heteroatoms. The second-order valence-electron chi connectivity index (χ2n) is 6.19. The topological polar surface area (TPSA) is 21.3 Å². The summed E-state index contributed by atoms with van der Waals surface area (Å²) in [5.74, 6) is 0.624. The van der Waals surface area contributed by atoms with Gasteiger partial charge in [-0.25, -0.2) is 0 Å². The van der Waals surface area contributed by atoms with Crippen molar-refractivity contribution < 1.29 is 4.74 Å². The molecule has 3 aromatic carbocycles. The first kappa shape index (κ1) is 19.9. The van der Waals surface area contributed by atoms with Crippen LogP contribution in [0.4, 0.5) is 5.69 Å². The van der Waals surface area contributed by atoms with Crippen LogP contribution in [0.3, 0.4) is 0 Å². The van der Waals surface area contributed by atoms with E-state index in [4.69, 9.17) is 39.5 Å². The van der Waals surface area contributed by atoms with Crippen molar-refractivity contribution in [3.8, 4) is 5.75 Å². The average molecular weight is 421 g/mol. The quantitative estimate of drug-likeness (QED) is 0.430. The monoisotopic (exact) mass is 419 g/mol. The molecule has 0 atom stereocenters. The third-order valence-electron chi connectivity index (χ3n) is 4.25. The fourth-order valence-corrected chi connectivity index (χ4v) is 3.35. The Balaban J connectivity index is 1.59. The van der Waals surface area contributed by atoms with E-state index in [9.17, 15) is 0 Å². The molecule has 1 N–H and O–H groups in total. The van der Waals surface area contributed by atoms with E-state index in [-0.39, 0.29) is 0 Å². The number of hydrogen-bond donors (Lipinski definition) is 1. The standard InChI is InChI=1S/C22H20Cl3NO/c1-2-15-3-8-19(9-4-15)26-13-16-5-10-22(21(25)11-16)27-14-17-6-7-18(23)12-20(17)24/h3-12,26H,2,13-14H2,1H3. The molecule has 0 aliphatic carbocycles. The van der Waals surface area contributed by atoms with Crippen LogP contribution in [0.5, 0.6) is 5.75 Å². The molecule has 0 aromatic heterocycles. The van der Waals surface area contributed by atoms with Crippen molar-refractivity contribution >= 4 is 40.5 Å². The van der Waals surface area contributed by atoms with Crippen molar-refractivity contribution in [2.45, 2.75) is 26.5 Å². The average Bonchev–Trinajstić information content (AvgIpc) is 2.67. The summed E-state index contributed by atoms with van der Waals surface area (Å²) in [5, 5.41) is 5.15. The van der Waals surface area contributed by atoms with Crippen LogP contribution in [0.1, 0.15) is 23.6 Å². The Morgan fingerprint density at radius 2 is 1.56 bits per heavy atom. The summed E-state index contributed by atoms with van der Waals surface area (Å²) in [6.45, 7) is 3.17. The van der Waals surface area contributed by atoms with Gasteiger partial charge in [0.2, 0.25) is 0 Å². The minimum atomic E-state index is 0.330. The van der Waals surface area contributed by atoms with Crippen LogP contribution >= 0.6 is 34.8 Å². The van der Waals surface area contributed by atoms with E-state index >= 15 is 0 Å². The summed E-state index contributed by atoms with van der Waals surface area (Å²) in [4.78, 5) is 0. The number of aryl methyl sites for hydroxylation is 1. The Labute approximate surface area is 175 Å². The first-order valence-electron chi connectivity index (χ1n) is 8.73. The lowest BCUT2D eigenvalue weighted by Crippen LogP contribution is -2.01. The molecule has 0 fully saturated rings. The molecule has 0 radical (unpaired) electrons. The predicted molar refractivity (Wildman–Crippen MR) is 115 cm³/mol. The maximum atomic E-state index is 6.38. The van der Waals surface area contributed by atoms with Crippen LogP contribution in [0.25, 0.3) is 0 Å². The van der Waals surface area contributed by atoms with Crippen LogP contribution in [-0.4, -0.2) is 0 Å². The minimum Gasteiger partial charge on any atom is -0.487 e. The molecule has 0 spiro atoms. The largest absolute Gasteiger partial charge is 0.487 e. The van der Waals surface area contributed by atoms with Gasteiger partial charge in [0.25, 0.3) is 0 Å². The van der Waals surface area contributed by atoms with Crippen LogP contribution in [0.2, 0.25) is 15.1 Å². The number of ether oxygens (including phenoxy) is 1. The molecule has 0 amide bonds. The number of rotatable bonds is 7. The highest BCUT2D eigenvalue weighted by Gasteiger charge is 2.07. The van der Waals surface area contributed by atoms with Gasteiger partial charge in [0.15, 0.2) is 0 Å². The predicted octanol–water partition coefficient (Wildman–Crippen LogP) is 7.40. The van der Waals surface area contributed by atoms with Crippen molar-refractivity contribution in [3.05, 3.63) is 92.4 Å². The van der Waals surface area contributed by atoms with E-state index in [1.165, 1.54) is 5.56 Å². The molecule has 0 aliphatic heterocycles. The van der Waals surface area contributed by atoms with E-state index < -0.39 is 0 Å². The van der Waals surface area contributed by atoms with Gasteiger partial charge < -0.3 is 10.1 Å². The van der Waals surface area contributed by atoms with E-state index in [2.05, 4.69) is 36.5 Å². The second kappa shape index (κ2) is 9.36. The normalized spacial score (nSPS) is 10.7. The molecule has 3 aromatic rings. The molecular formula is C22H20Cl3NO. The Hall–Kier alpha value is -1.87. The molecular weight excluding hydrogens is 401 g/mol. The fraction of sp³-hybridized carbons (Fsp3) is 0.182. The van der Waals surface area contributed by atoms with Gasteiger partial charge in [0, 0.05) is 27.8 Å². The summed E-state index contributed by atoms with van der Waals surface area (Å²) < 4.78 is 5.81. The van der Waals surface area contributed by atoms with Gasteiger partial charge in [-0.3, -0.25) is 0 Å². The summed E-state index contributed by atoms with van der Waals surface area (Å²) in [6.07, 6.45) is 1.04. The summed E-state index contributed by atoms with van der Waals surface area (Å²) >= 11 is 18.5. The van der Waals surface area contributed by atoms with Gasteiger partial charge in [-0.05, 0) is 53.9 Å². The molecule has 0 unspecified atom stereocenters. The van der Waals surface area contributed by atoms with Crippen molar-refractivity contribution in [1.29, 1.82) is 0 Å². The third kappa shape index (κ3) is 5.55. The molecule has 0 aliphatic rings. The Morgan fingerprint density at radius 3 is 2.22 bits per heavy atom. The zero-order valence-corrected chi connectivity index (χ0v) is 17.2. The first-order valence-corrected chi connectivity index (χ1v) is 9.86. The molecule has 0 heterocycles. The lowest BCUT2D eigenvalue weighted by molar-refractivity contribution is 0.306. The number of hydrogen-bond acceptors (Lipinski definition) is 2. The van der Waals surface area contributed by atoms with Crippen LogP contribution in [0, 0.1) is 0 Å². The summed E-state index contributed by atoms with van der Waals surface area (Å²) in [6, 6.07) is 19.6. The highest BCUT2D eigenvalue weighted by atomic mass is 35.5. The van der Waals surface area contributed by atoms with Crippen molar-refractivity contribution in [2.24, 2.45) is 0 Å². The molecule has 3 rings (SSSR count). The van der Waals surface area contributed by atoms with E-state index in [1.807, 2.05) is 24.3 Å². The SMILES string of the molecule is CCc1ccc(NCc2ccc(OCc3ccc(Cl)cc3Cl)c(Cl)c2)cc1. The van der Waals surface area contributed by atoms with E-state index in [1.54, 1.807) is 12.1 Å². The van der Waals surface area contributed by atoms with E-state index in [0.717, 1.165) is 23.2 Å². The van der Waals surface area contributed by atoms with Crippen molar-refractivity contribution in [3.63, 3.8) is 0 Å². The molecule has 0 saturated heterocycles. The van der Waals surface area contributed by atoms with Gasteiger partial charge in [0.05, 0.1) is 5.02 Å². The van der Waals surface area contributed by atoms with Crippen molar-refractivity contribution in [1.82, 2.24) is 0 Å². The Morgan fingerprint density at radius 1 is 0.815 bits per heavy atom. The van der Waals surface area contributed by atoms with Crippen LogP contribution in [-0.2, 0) is 19.6 Å². The van der Waals surface area contributed by atoms with Gasteiger partial charge in [-0.15, -0.1) is 0 Å². The van der Waals surface area contributed by atoms with E-state index in [0.29, 0.717) is 34.0 Å². The van der Waals surface area contributed by atoms with Crippen molar-refractivity contribution in [2.75, 3.05) is 5.32 Å². The van der Waals surface area contributed by atoms with Gasteiger partial charge >= 0.3 is 0 Å². The minimum absolute atomic E-state index is 0.330. The number of halogens is 3. The highest BCUT2D eigenvalue weighted by molar-refractivity contribution is 6.35. The molecule has 140 valence electrons. The van der Waals surface area contributed by atoms with Crippen LogP contribution in [0.15, 0.2) is 60.7 Å². The fourth-order valence-electron chi connectivity index (χ4n) is 2.63. The lowest BCUT2D eigenvalue weighted by Gasteiger charge is -2.12. The number of benzene rings is 3.